The van der Waals surface area contributed by atoms with E-state index in [1.807, 2.05) is 0 Å². The third-order valence-corrected chi connectivity index (χ3v) is 4.88. The molecule has 3 rings (SSSR count). The van der Waals surface area contributed by atoms with E-state index in [0.29, 0.717) is 10.7 Å². The molecule has 2 nitrogen and oxygen atoms in total. The highest BCUT2D eigenvalue weighted by Crippen LogP contribution is 2.33. The number of nitrogens with one attached hydrogen (secondary N) is 1. The topological polar surface area (TPSA) is 20.7 Å². The van der Waals surface area contributed by atoms with Gasteiger partial charge in [-0.3, -0.25) is 0 Å². The molecule has 0 bridgehead atoms. The minimum absolute atomic E-state index is 0.148. The van der Waals surface area contributed by atoms with Crippen LogP contribution in [0.2, 0.25) is 5.02 Å². The van der Waals surface area contributed by atoms with Crippen molar-refractivity contribution >= 4 is 34.9 Å². The van der Waals surface area contributed by atoms with Crippen molar-refractivity contribution < 1.29 is 4.39 Å². The molecule has 1 heterocycles. The van der Waals surface area contributed by atoms with Gasteiger partial charge in [0.15, 0.2) is 4.77 Å². The molecular weight excluding hydrogens is 283 g/mol. The summed E-state index contributed by atoms with van der Waals surface area (Å²) < 4.78 is 16.2. The number of halogens is 2. The Morgan fingerprint density at radius 3 is 2.95 bits per heavy atom. The van der Waals surface area contributed by atoms with E-state index in [4.69, 9.17) is 23.8 Å². The average Bonchev–Trinajstić information content (AvgIpc) is 2.88. The van der Waals surface area contributed by atoms with Crippen molar-refractivity contribution in [3.8, 4) is 0 Å². The first-order chi connectivity index (χ1) is 9.06. The lowest BCUT2D eigenvalue weighted by atomic mass is 9.98. The molecule has 1 N–H and O–H groups in total. The summed E-state index contributed by atoms with van der Waals surface area (Å²) in [6.07, 6.45) is 3.82. The highest BCUT2D eigenvalue weighted by molar-refractivity contribution is 7.71. The second kappa shape index (κ2) is 4.91. The summed E-state index contributed by atoms with van der Waals surface area (Å²) in [6.45, 7) is 3.19. The van der Waals surface area contributed by atoms with E-state index in [2.05, 4.69) is 16.5 Å². The number of H-pyrrole nitrogens is 1. The van der Waals surface area contributed by atoms with Crippen LogP contribution in [0.15, 0.2) is 12.1 Å². The molecule has 1 aromatic heterocycles. The maximum absolute atomic E-state index is 13.5. The van der Waals surface area contributed by atoms with Crippen LogP contribution in [0.5, 0.6) is 0 Å². The largest absolute Gasteiger partial charge is 0.330 e. The van der Waals surface area contributed by atoms with Gasteiger partial charge in [0.1, 0.15) is 5.82 Å². The molecule has 19 heavy (non-hydrogen) atoms. The van der Waals surface area contributed by atoms with Gasteiger partial charge < -0.3 is 9.55 Å². The van der Waals surface area contributed by atoms with Crippen LogP contribution in [0.3, 0.4) is 0 Å². The Morgan fingerprint density at radius 1 is 1.47 bits per heavy atom. The standard InChI is InChI=1S/C14H16ClFN2S/c1-8-3-2-4-9(8)7-18-13-5-10(15)11(16)6-12(13)17-14(18)19/h5-6,8-9H,2-4,7H2,1H3,(H,17,19). The number of fused-ring (bicyclic) bond motifs is 1. The van der Waals surface area contributed by atoms with Crippen molar-refractivity contribution in [2.75, 3.05) is 0 Å². The fraction of sp³-hybridized carbons (Fsp3) is 0.500. The first-order valence-corrected chi connectivity index (χ1v) is 7.42. The molecule has 1 aliphatic rings. The Hall–Kier alpha value is -0.870. The van der Waals surface area contributed by atoms with Crippen LogP contribution < -0.4 is 0 Å². The lowest BCUT2D eigenvalue weighted by Gasteiger charge is -2.16. The smallest absolute Gasteiger partial charge is 0.178 e. The number of aromatic nitrogens is 2. The van der Waals surface area contributed by atoms with Crippen LogP contribution >= 0.6 is 23.8 Å². The summed E-state index contributed by atoms with van der Waals surface area (Å²) in [4.78, 5) is 3.06. The first kappa shape index (κ1) is 13.1. The third-order valence-electron chi connectivity index (χ3n) is 4.27. The Bertz CT molecular complexity index is 676. The molecule has 0 radical (unpaired) electrons. The van der Waals surface area contributed by atoms with Crippen LogP contribution in [0, 0.1) is 22.4 Å². The minimum atomic E-state index is -0.410. The fourth-order valence-corrected chi connectivity index (χ4v) is 3.50. The van der Waals surface area contributed by atoms with Gasteiger partial charge in [-0.2, -0.15) is 0 Å². The number of aromatic amines is 1. The van der Waals surface area contributed by atoms with Gasteiger partial charge in [0.25, 0.3) is 0 Å². The van der Waals surface area contributed by atoms with E-state index in [1.165, 1.54) is 25.3 Å². The van der Waals surface area contributed by atoms with E-state index in [1.54, 1.807) is 6.07 Å². The quantitative estimate of drug-likeness (QED) is 0.780. The number of rotatable bonds is 2. The normalized spacial score (nSPS) is 23.3. The zero-order chi connectivity index (χ0) is 13.6. The van der Waals surface area contributed by atoms with E-state index < -0.39 is 5.82 Å². The molecule has 5 heteroatoms. The van der Waals surface area contributed by atoms with E-state index in [0.717, 1.165) is 23.5 Å². The van der Waals surface area contributed by atoms with Crippen molar-refractivity contribution in [2.45, 2.75) is 32.7 Å². The molecule has 1 fully saturated rings. The van der Waals surface area contributed by atoms with Crippen molar-refractivity contribution in [1.82, 2.24) is 9.55 Å². The maximum atomic E-state index is 13.5. The predicted octanol–water partition coefficient (Wildman–Crippen LogP) is 4.93. The molecule has 2 atom stereocenters. The van der Waals surface area contributed by atoms with Gasteiger partial charge in [-0.1, -0.05) is 31.4 Å². The number of hydrogen-bond acceptors (Lipinski definition) is 1. The summed E-state index contributed by atoms with van der Waals surface area (Å²) in [7, 11) is 0. The van der Waals surface area contributed by atoms with Gasteiger partial charge in [-0.15, -0.1) is 0 Å². The zero-order valence-corrected chi connectivity index (χ0v) is 12.3. The molecule has 102 valence electrons. The second-order valence-electron chi connectivity index (χ2n) is 5.49. The number of benzene rings is 1. The number of imidazole rings is 1. The number of nitrogens with zero attached hydrogens (tertiary/aromatic N) is 1. The van der Waals surface area contributed by atoms with Crippen LogP contribution in [0.1, 0.15) is 26.2 Å². The van der Waals surface area contributed by atoms with Crippen molar-refractivity contribution in [3.05, 3.63) is 27.7 Å². The fourth-order valence-electron chi connectivity index (χ4n) is 3.06. The minimum Gasteiger partial charge on any atom is -0.330 e. The predicted molar refractivity (Wildman–Crippen MR) is 78.6 cm³/mol. The molecule has 1 aromatic carbocycles. The van der Waals surface area contributed by atoms with Crippen molar-refractivity contribution in [2.24, 2.45) is 11.8 Å². The zero-order valence-electron chi connectivity index (χ0n) is 10.7. The molecular formula is C14H16ClFN2S. The Morgan fingerprint density at radius 2 is 2.26 bits per heavy atom. The van der Waals surface area contributed by atoms with Crippen molar-refractivity contribution in [1.29, 1.82) is 0 Å². The summed E-state index contributed by atoms with van der Waals surface area (Å²) in [5, 5.41) is 0.148. The highest BCUT2D eigenvalue weighted by Gasteiger charge is 2.24. The van der Waals surface area contributed by atoms with Crippen LogP contribution in [-0.2, 0) is 6.54 Å². The highest BCUT2D eigenvalue weighted by atomic mass is 35.5. The molecule has 0 amide bonds. The van der Waals surface area contributed by atoms with Crippen molar-refractivity contribution in [3.63, 3.8) is 0 Å². The van der Waals surface area contributed by atoms with Crippen LogP contribution in [0.4, 0.5) is 4.39 Å². The lowest BCUT2D eigenvalue weighted by Crippen LogP contribution is -2.13. The van der Waals surface area contributed by atoms with Gasteiger partial charge in [0.05, 0.1) is 16.1 Å². The number of hydrogen-bond donors (Lipinski definition) is 1. The molecule has 0 aliphatic heterocycles. The summed E-state index contributed by atoms with van der Waals surface area (Å²) in [5.74, 6) is 0.962. The van der Waals surface area contributed by atoms with E-state index >= 15 is 0 Å². The monoisotopic (exact) mass is 298 g/mol. The third kappa shape index (κ3) is 2.32. The molecule has 0 saturated heterocycles. The molecule has 0 spiro atoms. The summed E-state index contributed by atoms with van der Waals surface area (Å²) >= 11 is 11.2. The van der Waals surface area contributed by atoms with Gasteiger partial charge in [0, 0.05) is 12.6 Å². The second-order valence-corrected chi connectivity index (χ2v) is 6.29. The molecule has 1 saturated carbocycles. The Balaban J connectivity index is 2.05. The Labute approximate surface area is 121 Å². The van der Waals surface area contributed by atoms with Crippen LogP contribution in [0.25, 0.3) is 11.0 Å². The van der Waals surface area contributed by atoms with Crippen LogP contribution in [-0.4, -0.2) is 9.55 Å². The van der Waals surface area contributed by atoms with E-state index in [9.17, 15) is 4.39 Å². The maximum Gasteiger partial charge on any atom is 0.178 e. The average molecular weight is 299 g/mol. The molecule has 2 unspecified atom stereocenters. The molecule has 1 aliphatic carbocycles. The van der Waals surface area contributed by atoms with Gasteiger partial charge in [-0.05, 0) is 36.5 Å². The van der Waals surface area contributed by atoms with E-state index in [-0.39, 0.29) is 5.02 Å². The first-order valence-electron chi connectivity index (χ1n) is 6.64. The summed E-state index contributed by atoms with van der Waals surface area (Å²) in [5.41, 5.74) is 1.62. The Kier molecular flexibility index (Phi) is 3.39. The van der Waals surface area contributed by atoms with Gasteiger partial charge in [0.2, 0.25) is 0 Å². The van der Waals surface area contributed by atoms with Gasteiger partial charge >= 0.3 is 0 Å². The SMILES string of the molecule is CC1CCCC1Cn1c(=S)[nH]c2cc(F)c(Cl)cc21. The summed E-state index contributed by atoms with van der Waals surface area (Å²) in [6, 6.07) is 3.08. The lowest BCUT2D eigenvalue weighted by molar-refractivity contribution is 0.366. The molecule has 2 aromatic rings. The van der Waals surface area contributed by atoms with Gasteiger partial charge in [-0.25, -0.2) is 4.39 Å².